The van der Waals surface area contributed by atoms with Gasteiger partial charge in [0.15, 0.2) is 5.76 Å². The van der Waals surface area contributed by atoms with Crippen molar-refractivity contribution in [2.75, 3.05) is 19.7 Å². The summed E-state index contributed by atoms with van der Waals surface area (Å²) < 4.78 is 10.8. The highest BCUT2D eigenvalue weighted by Gasteiger charge is 2.17. The summed E-state index contributed by atoms with van der Waals surface area (Å²) in [7, 11) is 0. The quantitative estimate of drug-likeness (QED) is 0.874. The largest absolute Gasteiger partial charge is 0.375 e. The molecule has 1 fully saturated rings. The first-order valence-corrected chi connectivity index (χ1v) is 7.89. The van der Waals surface area contributed by atoms with Crippen LogP contribution < -0.4 is 10.6 Å². The zero-order valence-electron chi connectivity index (χ0n) is 12.5. The number of nitrogens with one attached hydrogen (secondary N) is 2. The summed E-state index contributed by atoms with van der Waals surface area (Å²) in [6, 6.07) is 9.17. The van der Waals surface area contributed by atoms with Crippen LogP contribution >= 0.6 is 11.6 Å². The predicted molar refractivity (Wildman–Crippen MR) is 86.0 cm³/mol. The maximum absolute atomic E-state index is 11.9. The molecule has 2 aromatic rings. The van der Waals surface area contributed by atoms with Crippen molar-refractivity contribution in [3.05, 3.63) is 41.1 Å². The monoisotopic (exact) mass is 335 g/mol. The van der Waals surface area contributed by atoms with E-state index in [9.17, 15) is 4.79 Å². The molecule has 23 heavy (non-hydrogen) atoms. The van der Waals surface area contributed by atoms with Gasteiger partial charge in [0.1, 0.15) is 5.69 Å². The molecule has 6 nitrogen and oxygen atoms in total. The highest BCUT2D eigenvalue weighted by molar-refractivity contribution is 6.30. The van der Waals surface area contributed by atoms with Gasteiger partial charge in [-0.25, -0.2) is 0 Å². The maximum atomic E-state index is 11.9. The van der Waals surface area contributed by atoms with Crippen molar-refractivity contribution in [2.45, 2.75) is 19.1 Å². The minimum Gasteiger partial charge on any atom is -0.375 e. The Morgan fingerprint density at radius 3 is 3.13 bits per heavy atom. The Balaban J connectivity index is 1.52. The van der Waals surface area contributed by atoms with Crippen LogP contribution in [0.2, 0.25) is 5.02 Å². The maximum Gasteiger partial charge on any atom is 0.223 e. The zero-order valence-corrected chi connectivity index (χ0v) is 13.3. The summed E-state index contributed by atoms with van der Waals surface area (Å²) >= 11 is 5.96. The Bertz CT molecular complexity index is 668. The van der Waals surface area contributed by atoms with Gasteiger partial charge in [0, 0.05) is 29.7 Å². The summed E-state index contributed by atoms with van der Waals surface area (Å²) in [5, 5.41) is 10.7. The van der Waals surface area contributed by atoms with Gasteiger partial charge in [0.05, 0.1) is 25.7 Å². The van der Waals surface area contributed by atoms with Crippen LogP contribution in [0.25, 0.3) is 11.3 Å². The molecule has 1 amide bonds. The number of halogens is 1. The van der Waals surface area contributed by atoms with Crippen LogP contribution in [0.15, 0.2) is 34.9 Å². The fraction of sp³-hybridized carbons (Fsp3) is 0.375. The van der Waals surface area contributed by atoms with Crippen LogP contribution in [-0.4, -0.2) is 36.9 Å². The molecule has 0 bridgehead atoms. The zero-order chi connectivity index (χ0) is 16.1. The van der Waals surface area contributed by atoms with Gasteiger partial charge in [0.25, 0.3) is 0 Å². The smallest absolute Gasteiger partial charge is 0.223 e. The number of ether oxygens (including phenoxy) is 1. The van der Waals surface area contributed by atoms with Crippen LogP contribution in [0, 0.1) is 0 Å². The molecule has 0 saturated carbocycles. The second-order valence-corrected chi connectivity index (χ2v) is 5.80. The van der Waals surface area contributed by atoms with E-state index in [2.05, 4.69) is 15.8 Å². The third kappa shape index (κ3) is 4.54. The van der Waals surface area contributed by atoms with E-state index in [-0.39, 0.29) is 12.0 Å². The summed E-state index contributed by atoms with van der Waals surface area (Å²) in [5.74, 6) is 0.524. The lowest BCUT2D eigenvalue weighted by atomic mass is 10.1. The van der Waals surface area contributed by atoms with Crippen molar-refractivity contribution in [2.24, 2.45) is 0 Å². The Labute approximate surface area is 139 Å². The molecule has 1 atom stereocenters. The number of aromatic nitrogens is 1. The second-order valence-electron chi connectivity index (χ2n) is 5.37. The van der Waals surface area contributed by atoms with Crippen molar-refractivity contribution in [3.63, 3.8) is 0 Å². The number of nitrogens with zero attached hydrogens (tertiary/aromatic N) is 1. The van der Waals surface area contributed by atoms with E-state index in [0.29, 0.717) is 42.6 Å². The van der Waals surface area contributed by atoms with Gasteiger partial charge < -0.3 is 19.9 Å². The Morgan fingerprint density at radius 1 is 1.43 bits per heavy atom. The van der Waals surface area contributed by atoms with Crippen LogP contribution in [0.4, 0.5) is 0 Å². The number of morpholine rings is 1. The summed E-state index contributed by atoms with van der Waals surface area (Å²) in [6.07, 6.45) is 0.267. The molecule has 2 heterocycles. The molecule has 122 valence electrons. The summed E-state index contributed by atoms with van der Waals surface area (Å²) in [6.45, 7) is 2.48. The predicted octanol–water partition coefficient (Wildman–Crippen LogP) is 1.99. The number of hydrogen-bond donors (Lipinski definition) is 2. The molecule has 0 unspecified atom stereocenters. The molecule has 7 heteroatoms. The Hall–Kier alpha value is -1.89. The fourth-order valence-corrected chi connectivity index (χ4v) is 2.59. The highest BCUT2D eigenvalue weighted by atomic mass is 35.5. The van der Waals surface area contributed by atoms with E-state index < -0.39 is 0 Å². The van der Waals surface area contributed by atoms with Gasteiger partial charge in [-0.3, -0.25) is 4.79 Å². The molecule has 1 aromatic carbocycles. The normalized spacial score (nSPS) is 17.9. The van der Waals surface area contributed by atoms with E-state index in [1.807, 2.05) is 18.2 Å². The van der Waals surface area contributed by atoms with Crippen molar-refractivity contribution in [1.29, 1.82) is 0 Å². The van der Waals surface area contributed by atoms with Crippen molar-refractivity contribution < 1.29 is 14.1 Å². The second kappa shape index (κ2) is 7.59. The third-order valence-electron chi connectivity index (χ3n) is 3.56. The van der Waals surface area contributed by atoms with Gasteiger partial charge in [-0.05, 0) is 12.1 Å². The standard InChI is InChI=1S/C16H18ClN3O3/c17-12-3-1-2-11(6-12)15-7-14(23-20-15)10-19-16(21)8-13-9-18-4-5-22-13/h1-3,6-7,13,18H,4-5,8-10H2,(H,19,21)/t13-/m0/s1. The molecular formula is C16H18ClN3O3. The van der Waals surface area contributed by atoms with E-state index in [1.54, 1.807) is 12.1 Å². The molecular weight excluding hydrogens is 318 g/mol. The van der Waals surface area contributed by atoms with E-state index in [1.165, 1.54) is 0 Å². The molecule has 1 aliphatic rings. The minimum atomic E-state index is -0.0700. The molecule has 1 aliphatic heterocycles. The van der Waals surface area contributed by atoms with Crippen molar-refractivity contribution in [1.82, 2.24) is 15.8 Å². The minimum absolute atomic E-state index is 0.0690. The molecule has 0 radical (unpaired) electrons. The van der Waals surface area contributed by atoms with Gasteiger partial charge in [-0.2, -0.15) is 0 Å². The van der Waals surface area contributed by atoms with Crippen LogP contribution in [-0.2, 0) is 16.1 Å². The first-order chi connectivity index (χ1) is 11.2. The molecule has 3 rings (SSSR count). The van der Waals surface area contributed by atoms with E-state index in [0.717, 1.165) is 12.1 Å². The fourth-order valence-electron chi connectivity index (χ4n) is 2.40. The first kappa shape index (κ1) is 16.0. The number of amides is 1. The highest BCUT2D eigenvalue weighted by Crippen LogP contribution is 2.22. The SMILES string of the molecule is O=C(C[C@H]1CNCCO1)NCc1cc(-c2cccc(Cl)c2)no1. The number of rotatable bonds is 5. The molecule has 0 aliphatic carbocycles. The average Bonchev–Trinajstić information content (AvgIpc) is 3.03. The van der Waals surface area contributed by atoms with Gasteiger partial charge in [-0.1, -0.05) is 28.9 Å². The number of benzene rings is 1. The molecule has 2 N–H and O–H groups in total. The number of carbonyl (C=O) groups is 1. The number of hydrogen-bond acceptors (Lipinski definition) is 5. The number of carbonyl (C=O) groups excluding carboxylic acids is 1. The lowest BCUT2D eigenvalue weighted by Crippen LogP contribution is -2.41. The third-order valence-corrected chi connectivity index (χ3v) is 3.79. The van der Waals surface area contributed by atoms with E-state index in [4.69, 9.17) is 20.9 Å². The molecule has 1 aromatic heterocycles. The topological polar surface area (TPSA) is 76.4 Å². The first-order valence-electron chi connectivity index (χ1n) is 7.51. The summed E-state index contributed by atoms with van der Waals surface area (Å²) in [4.78, 5) is 11.9. The Morgan fingerprint density at radius 2 is 2.35 bits per heavy atom. The van der Waals surface area contributed by atoms with Gasteiger partial charge in [0.2, 0.25) is 5.91 Å². The van der Waals surface area contributed by atoms with Crippen LogP contribution in [0.5, 0.6) is 0 Å². The van der Waals surface area contributed by atoms with E-state index >= 15 is 0 Å². The summed E-state index contributed by atoms with van der Waals surface area (Å²) in [5.41, 5.74) is 1.57. The average molecular weight is 336 g/mol. The van der Waals surface area contributed by atoms with Crippen molar-refractivity contribution >= 4 is 17.5 Å². The Kier molecular flexibility index (Phi) is 5.27. The molecule has 1 saturated heterocycles. The van der Waals surface area contributed by atoms with Crippen LogP contribution in [0.3, 0.4) is 0 Å². The molecule has 0 spiro atoms. The van der Waals surface area contributed by atoms with Gasteiger partial charge >= 0.3 is 0 Å². The van der Waals surface area contributed by atoms with Crippen LogP contribution in [0.1, 0.15) is 12.2 Å². The lowest BCUT2D eigenvalue weighted by Gasteiger charge is -2.22. The lowest BCUT2D eigenvalue weighted by molar-refractivity contribution is -0.124. The van der Waals surface area contributed by atoms with Crippen molar-refractivity contribution in [3.8, 4) is 11.3 Å². The van der Waals surface area contributed by atoms with Gasteiger partial charge in [-0.15, -0.1) is 0 Å².